The first-order valence-electron chi connectivity index (χ1n) is 9.13. The first-order chi connectivity index (χ1) is 14.0. The van der Waals surface area contributed by atoms with Gasteiger partial charge < -0.3 is 9.80 Å². The van der Waals surface area contributed by atoms with Crippen LogP contribution in [0.4, 0.5) is 10.7 Å². The molecule has 0 aliphatic carbocycles. The third-order valence-electron chi connectivity index (χ3n) is 5.31. The van der Waals surface area contributed by atoms with Crippen LogP contribution in [0.15, 0.2) is 54.6 Å². The fraction of sp³-hybridized carbons (Fsp3) is 0.200. The van der Waals surface area contributed by atoms with Gasteiger partial charge in [-0.15, -0.1) is 10.2 Å². The monoisotopic (exact) mass is 408 g/mol. The van der Waals surface area contributed by atoms with Crippen LogP contribution in [0.2, 0.25) is 5.02 Å². The van der Waals surface area contributed by atoms with Crippen LogP contribution in [0, 0.1) is 0 Å². The SMILES string of the molecule is CN1C(=O)NC(=O)C2C1n1c(-c3ccccc3)nnc1N2Cc1cccc(Cl)c1. The second-order valence-electron chi connectivity index (χ2n) is 7.08. The lowest BCUT2D eigenvalue weighted by Gasteiger charge is -2.37. The number of halogens is 1. The summed E-state index contributed by atoms with van der Waals surface area (Å²) < 4.78 is 1.86. The number of carbonyl (C=O) groups is 2. The predicted molar refractivity (Wildman–Crippen MR) is 107 cm³/mol. The largest absolute Gasteiger partial charge is 0.325 e. The van der Waals surface area contributed by atoms with Gasteiger partial charge in [0.25, 0.3) is 5.91 Å². The average molecular weight is 409 g/mol. The van der Waals surface area contributed by atoms with E-state index >= 15 is 0 Å². The van der Waals surface area contributed by atoms with Crippen LogP contribution in [0.25, 0.3) is 11.4 Å². The lowest BCUT2D eigenvalue weighted by atomic mass is 10.1. The molecule has 2 aliphatic rings. The van der Waals surface area contributed by atoms with Gasteiger partial charge in [0.05, 0.1) is 0 Å². The third kappa shape index (κ3) is 2.75. The smallest absolute Gasteiger partial charge is 0.321 e. The number of rotatable bonds is 3. The highest BCUT2D eigenvalue weighted by Gasteiger charge is 2.52. The number of likely N-dealkylation sites (N-methyl/N-ethyl adjacent to an activating group) is 1. The van der Waals surface area contributed by atoms with E-state index in [1.165, 1.54) is 4.90 Å². The topological polar surface area (TPSA) is 83.4 Å². The van der Waals surface area contributed by atoms with Gasteiger partial charge in [-0.1, -0.05) is 54.1 Å². The Morgan fingerprint density at radius 1 is 1.07 bits per heavy atom. The highest BCUT2D eigenvalue weighted by molar-refractivity contribution is 6.30. The molecule has 2 aliphatic heterocycles. The zero-order chi connectivity index (χ0) is 20.1. The molecule has 1 saturated heterocycles. The molecule has 8 nitrogen and oxygen atoms in total. The Balaban J connectivity index is 1.65. The summed E-state index contributed by atoms with van der Waals surface area (Å²) in [7, 11) is 1.67. The van der Waals surface area contributed by atoms with Crippen molar-refractivity contribution in [3.63, 3.8) is 0 Å². The summed E-state index contributed by atoms with van der Waals surface area (Å²) in [6.45, 7) is 0.407. The molecule has 29 heavy (non-hydrogen) atoms. The number of nitrogens with zero attached hydrogens (tertiary/aromatic N) is 5. The van der Waals surface area contributed by atoms with Gasteiger partial charge >= 0.3 is 6.03 Å². The second-order valence-corrected chi connectivity index (χ2v) is 7.52. The number of benzene rings is 2. The molecule has 2 aromatic carbocycles. The molecule has 1 aromatic heterocycles. The third-order valence-corrected chi connectivity index (χ3v) is 5.54. The number of anilines is 1. The maximum Gasteiger partial charge on any atom is 0.325 e. The fourth-order valence-electron chi connectivity index (χ4n) is 3.98. The second kappa shape index (κ2) is 6.59. The van der Waals surface area contributed by atoms with Crippen molar-refractivity contribution in [1.29, 1.82) is 0 Å². The van der Waals surface area contributed by atoms with E-state index in [2.05, 4.69) is 15.5 Å². The zero-order valence-corrected chi connectivity index (χ0v) is 16.2. The van der Waals surface area contributed by atoms with Crippen molar-refractivity contribution in [2.75, 3.05) is 11.9 Å². The first-order valence-corrected chi connectivity index (χ1v) is 9.51. The number of hydrogen-bond acceptors (Lipinski definition) is 5. The number of carbonyl (C=O) groups excluding carboxylic acids is 2. The predicted octanol–water partition coefficient (Wildman–Crippen LogP) is 2.67. The summed E-state index contributed by atoms with van der Waals surface area (Å²) in [5, 5.41) is 11.8. The van der Waals surface area contributed by atoms with Crippen LogP contribution in [-0.4, -0.2) is 44.7 Å². The van der Waals surface area contributed by atoms with Gasteiger partial charge in [-0.05, 0) is 17.7 Å². The van der Waals surface area contributed by atoms with Gasteiger partial charge in [0, 0.05) is 24.2 Å². The van der Waals surface area contributed by atoms with Crippen molar-refractivity contribution in [2.45, 2.75) is 18.8 Å². The molecule has 3 heterocycles. The van der Waals surface area contributed by atoms with Crippen LogP contribution in [0.1, 0.15) is 11.7 Å². The number of imide groups is 1. The highest BCUT2D eigenvalue weighted by atomic mass is 35.5. The lowest BCUT2D eigenvalue weighted by Crippen LogP contribution is -2.61. The lowest BCUT2D eigenvalue weighted by molar-refractivity contribution is -0.124. The van der Waals surface area contributed by atoms with Crippen LogP contribution in [-0.2, 0) is 11.3 Å². The molecule has 2 unspecified atom stereocenters. The van der Waals surface area contributed by atoms with Gasteiger partial charge in [-0.2, -0.15) is 0 Å². The van der Waals surface area contributed by atoms with Crippen molar-refractivity contribution in [2.24, 2.45) is 0 Å². The quantitative estimate of drug-likeness (QED) is 0.720. The Morgan fingerprint density at radius 2 is 1.86 bits per heavy atom. The van der Waals surface area contributed by atoms with Gasteiger partial charge in [-0.25, -0.2) is 4.79 Å². The maximum atomic E-state index is 12.8. The summed E-state index contributed by atoms with van der Waals surface area (Å²) in [5.74, 6) is 0.790. The number of nitrogens with one attached hydrogen (secondary N) is 1. The standard InChI is InChI=1S/C20H17ClN6O2/c1-25-18-15(17(28)22-20(25)29)26(11-12-6-5-9-14(21)10-12)19-24-23-16(27(18)19)13-7-3-2-4-8-13/h2-10,15,18H,11H2,1H3,(H,22,28,29). The molecule has 1 N–H and O–H groups in total. The van der Waals surface area contributed by atoms with Crippen LogP contribution >= 0.6 is 11.6 Å². The maximum absolute atomic E-state index is 12.8. The molecule has 0 spiro atoms. The Morgan fingerprint density at radius 3 is 2.62 bits per heavy atom. The van der Waals surface area contributed by atoms with Crippen molar-refractivity contribution in [3.05, 3.63) is 65.2 Å². The van der Waals surface area contributed by atoms with Crippen molar-refractivity contribution in [1.82, 2.24) is 25.0 Å². The van der Waals surface area contributed by atoms with Crippen molar-refractivity contribution in [3.8, 4) is 11.4 Å². The Kier molecular flexibility index (Phi) is 4.02. The van der Waals surface area contributed by atoms with Crippen molar-refractivity contribution < 1.29 is 9.59 Å². The number of fused-ring (bicyclic) bond motifs is 3. The van der Waals surface area contributed by atoms with Crippen molar-refractivity contribution >= 4 is 29.5 Å². The van der Waals surface area contributed by atoms with Gasteiger partial charge in [0.15, 0.2) is 11.9 Å². The van der Waals surface area contributed by atoms with E-state index in [1.807, 2.05) is 58.0 Å². The molecule has 3 aromatic rings. The molecule has 1 fully saturated rings. The Labute approximate surface area is 171 Å². The molecule has 0 radical (unpaired) electrons. The minimum atomic E-state index is -0.621. The van der Waals surface area contributed by atoms with E-state index in [1.54, 1.807) is 13.1 Å². The Hall–Kier alpha value is -3.39. The first kappa shape index (κ1) is 17.7. The summed E-state index contributed by atoms with van der Waals surface area (Å²) >= 11 is 6.14. The molecular formula is C20H17ClN6O2. The number of aromatic nitrogens is 3. The van der Waals surface area contributed by atoms with Crippen LogP contribution in [0.5, 0.6) is 0 Å². The molecule has 146 valence electrons. The van der Waals surface area contributed by atoms with E-state index in [9.17, 15) is 9.59 Å². The number of urea groups is 1. The summed E-state index contributed by atoms with van der Waals surface area (Å²) in [5.41, 5.74) is 1.79. The normalized spacial score (nSPS) is 20.5. The molecule has 0 bridgehead atoms. The van der Waals surface area contributed by atoms with E-state index in [0.29, 0.717) is 23.3 Å². The number of hydrogen-bond donors (Lipinski definition) is 1. The van der Waals surface area contributed by atoms with E-state index in [-0.39, 0.29) is 5.91 Å². The minimum absolute atomic E-state index is 0.357. The Bertz CT molecular complexity index is 1120. The van der Waals surface area contributed by atoms with Gasteiger partial charge in [0.1, 0.15) is 6.17 Å². The molecular weight excluding hydrogens is 392 g/mol. The van der Waals surface area contributed by atoms with Crippen LogP contribution < -0.4 is 10.2 Å². The zero-order valence-electron chi connectivity index (χ0n) is 15.5. The highest BCUT2D eigenvalue weighted by Crippen LogP contribution is 2.41. The molecule has 3 amide bonds. The number of amides is 3. The average Bonchev–Trinajstić information content (AvgIpc) is 3.26. The minimum Gasteiger partial charge on any atom is -0.321 e. The fourth-order valence-corrected chi connectivity index (χ4v) is 4.20. The van der Waals surface area contributed by atoms with Gasteiger partial charge in [-0.3, -0.25) is 14.7 Å². The summed E-state index contributed by atoms with van der Waals surface area (Å²) in [4.78, 5) is 28.6. The summed E-state index contributed by atoms with van der Waals surface area (Å²) in [6, 6.07) is 16.0. The molecule has 2 atom stereocenters. The van der Waals surface area contributed by atoms with E-state index in [0.717, 1.165) is 11.1 Å². The van der Waals surface area contributed by atoms with E-state index in [4.69, 9.17) is 11.6 Å². The molecule has 0 saturated carbocycles. The molecule has 9 heteroatoms. The summed E-state index contributed by atoms with van der Waals surface area (Å²) in [6.07, 6.45) is -0.546. The van der Waals surface area contributed by atoms with E-state index < -0.39 is 18.2 Å². The van der Waals surface area contributed by atoms with Crippen LogP contribution in [0.3, 0.4) is 0 Å². The van der Waals surface area contributed by atoms with Gasteiger partial charge in [0.2, 0.25) is 5.95 Å². The molecule has 5 rings (SSSR count).